The maximum absolute atomic E-state index is 4.76. The first kappa shape index (κ1) is 9.10. The number of nitrogens with zero attached hydrogens (tertiary/aromatic N) is 1. The van der Waals surface area contributed by atoms with Crippen molar-refractivity contribution in [2.45, 2.75) is 5.75 Å². The molecule has 0 aliphatic heterocycles. The Balaban J connectivity index is 0.000000640. The summed E-state index contributed by atoms with van der Waals surface area (Å²) in [5.74, 6) is 0.612. The molecule has 0 spiro atoms. The van der Waals surface area contributed by atoms with Crippen LogP contribution in [0.2, 0.25) is 0 Å². The van der Waals surface area contributed by atoms with Gasteiger partial charge in [-0.15, -0.1) is 5.75 Å². The first-order chi connectivity index (χ1) is 3.93. The van der Waals surface area contributed by atoms with Crippen molar-refractivity contribution in [3.63, 3.8) is 0 Å². The SMILES string of the molecule is [Li+].[S-]Cc1ccccn1. The van der Waals surface area contributed by atoms with Gasteiger partial charge in [0.1, 0.15) is 0 Å². The maximum Gasteiger partial charge on any atom is 1.00 e. The standard InChI is InChI=1S/C6H7NS.Li/c8-5-6-3-1-2-4-7-6;/h1-4,8H,5H2;/q;+1/p-1. The number of aromatic nitrogens is 1. The van der Waals surface area contributed by atoms with Crippen LogP contribution in [0.4, 0.5) is 0 Å². The normalized spacial score (nSPS) is 8.11. The summed E-state index contributed by atoms with van der Waals surface area (Å²) in [6, 6.07) is 5.75. The van der Waals surface area contributed by atoms with E-state index in [1.807, 2.05) is 18.2 Å². The third kappa shape index (κ3) is 2.95. The molecule has 1 aromatic heterocycles. The first-order valence-electron chi connectivity index (χ1n) is 2.41. The quantitative estimate of drug-likeness (QED) is 0.327. The topological polar surface area (TPSA) is 12.9 Å². The molecule has 0 aliphatic rings. The summed E-state index contributed by atoms with van der Waals surface area (Å²) >= 11 is 4.76. The van der Waals surface area contributed by atoms with E-state index in [4.69, 9.17) is 12.6 Å². The first-order valence-corrected chi connectivity index (χ1v) is 2.99. The van der Waals surface area contributed by atoms with Crippen LogP contribution in [0.5, 0.6) is 0 Å². The third-order valence-electron chi connectivity index (χ3n) is 0.874. The molecular formula is C6H6LiNS. The Morgan fingerprint density at radius 1 is 1.44 bits per heavy atom. The predicted molar refractivity (Wildman–Crippen MR) is 35.3 cm³/mol. The van der Waals surface area contributed by atoms with Crippen molar-refractivity contribution in [1.82, 2.24) is 4.98 Å². The second-order valence-corrected chi connectivity index (χ2v) is 1.75. The van der Waals surface area contributed by atoms with Crippen molar-refractivity contribution in [3.05, 3.63) is 30.1 Å². The maximum atomic E-state index is 4.76. The molecule has 1 heterocycles. The van der Waals surface area contributed by atoms with Gasteiger partial charge in [-0.25, -0.2) is 0 Å². The summed E-state index contributed by atoms with van der Waals surface area (Å²) in [4.78, 5) is 3.99. The van der Waals surface area contributed by atoms with E-state index in [1.165, 1.54) is 0 Å². The summed E-state index contributed by atoms with van der Waals surface area (Å²) < 4.78 is 0. The van der Waals surface area contributed by atoms with Gasteiger partial charge in [0.05, 0.1) is 0 Å². The monoisotopic (exact) mass is 131 g/mol. The van der Waals surface area contributed by atoms with Crippen LogP contribution in [-0.2, 0) is 18.4 Å². The zero-order valence-electron chi connectivity index (χ0n) is 5.37. The smallest absolute Gasteiger partial charge is 0.787 e. The van der Waals surface area contributed by atoms with Crippen molar-refractivity contribution in [3.8, 4) is 0 Å². The van der Waals surface area contributed by atoms with Gasteiger partial charge >= 0.3 is 18.9 Å². The minimum Gasteiger partial charge on any atom is -0.787 e. The van der Waals surface area contributed by atoms with Gasteiger partial charge in [0.2, 0.25) is 0 Å². The Kier molecular flexibility index (Phi) is 4.98. The van der Waals surface area contributed by atoms with Crippen molar-refractivity contribution in [2.24, 2.45) is 0 Å². The number of pyridine rings is 1. The van der Waals surface area contributed by atoms with Crippen LogP contribution in [0.25, 0.3) is 0 Å². The van der Waals surface area contributed by atoms with Gasteiger partial charge < -0.3 is 12.6 Å². The molecule has 9 heavy (non-hydrogen) atoms. The van der Waals surface area contributed by atoms with Crippen LogP contribution in [0.1, 0.15) is 5.69 Å². The summed E-state index contributed by atoms with van der Waals surface area (Å²) in [7, 11) is 0. The van der Waals surface area contributed by atoms with E-state index in [0.29, 0.717) is 5.75 Å². The van der Waals surface area contributed by atoms with E-state index in [1.54, 1.807) is 6.20 Å². The molecule has 42 valence electrons. The number of hydrogen-bond acceptors (Lipinski definition) is 2. The van der Waals surface area contributed by atoms with Crippen LogP contribution < -0.4 is 18.9 Å². The van der Waals surface area contributed by atoms with Gasteiger partial charge in [-0.05, 0) is 12.1 Å². The Bertz CT molecular complexity index is 154. The van der Waals surface area contributed by atoms with Crippen molar-refractivity contribution in [1.29, 1.82) is 0 Å². The molecule has 0 radical (unpaired) electrons. The fourth-order valence-corrected chi connectivity index (χ4v) is 0.654. The molecule has 3 heteroatoms. The van der Waals surface area contributed by atoms with Crippen LogP contribution >= 0.6 is 0 Å². The molecule has 0 saturated heterocycles. The Hall–Kier alpha value is 0.0974. The van der Waals surface area contributed by atoms with Gasteiger partial charge in [0.25, 0.3) is 0 Å². The Morgan fingerprint density at radius 3 is 2.56 bits per heavy atom. The summed E-state index contributed by atoms with van der Waals surface area (Å²) in [6.45, 7) is 0. The fraction of sp³-hybridized carbons (Fsp3) is 0.167. The van der Waals surface area contributed by atoms with E-state index in [2.05, 4.69) is 4.98 Å². The molecule has 1 aromatic rings. The van der Waals surface area contributed by atoms with Crippen molar-refractivity contribution in [2.75, 3.05) is 0 Å². The van der Waals surface area contributed by atoms with E-state index >= 15 is 0 Å². The molecule has 0 N–H and O–H groups in total. The van der Waals surface area contributed by atoms with Crippen molar-refractivity contribution >= 4 is 12.6 Å². The molecule has 0 bridgehead atoms. The molecule has 1 rings (SSSR count). The largest absolute Gasteiger partial charge is 1.00 e. The fourth-order valence-electron chi connectivity index (χ4n) is 0.484. The summed E-state index contributed by atoms with van der Waals surface area (Å²) in [6.07, 6.45) is 1.75. The number of rotatable bonds is 1. The second-order valence-electron chi connectivity index (χ2n) is 1.47. The van der Waals surface area contributed by atoms with Gasteiger partial charge in [0.15, 0.2) is 0 Å². The molecule has 0 aliphatic carbocycles. The minimum atomic E-state index is 0. The molecule has 0 unspecified atom stereocenters. The zero-order chi connectivity index (χ0) is 5.82. The molecule has 0 atom stereocenters. The molecule has 0 amide bonds. The van der Waals surface area contributed by atoms with Crippen molar-refractivity contribution < 1.29 is 18.9 Å². The zero-order valence-corrected chi connectivity index (χ0v) is 6.19. The van der Waals surface area contributed by atoms with Gasteiger partial charge in [-0.3, -0.25) is 4.98 Å². The third-order valence-corrected chi connectivity index (χ3v) is 1.17. The summed E-state index contributed by atoms with van der Waals surface area (Å²) in [5, 5.41) is 0. The van der Waals surface area contributed by atoms with E-state index in [0.717, 1.165) is 5.69 Å². The molecule has 0 saturated carbocycles. The predicted octanol–water partition coefficient (Wildman–Crippen LogP) is -1.87. The molecule has 0 aromatic carbocycles. The van der Waals surface area contributed by atoms with Gasteiger partial charge in [-0.1, -0.05) is 6.07 Å². The van der Waals surface area contributed by atoms with Gasteiger partial charge in [0, 0.05) is 11.9 Å². The average molecular weight is 131 g/mol. The molecule has 1 nitrogen and oxygen atoms in total. The van der Waals surface area contributed by atoms with E-state index in [-0.39, 0.29) is 18.9 Å². The minimum absolute atomic E-state index is 0. The van der Waals surface area contributed by atoms with Crippen LogP contribution in [0.3, 0.4) is 0 Å². The van der Waals surface area contributed by atoms with E-state index in [9.17, 15) is 0 Å². The van der Waals surface area contributed by atoms with E-state index < -0.39 is 0 Å². The Morgan fingerprint density at radius 2 is 2.22 bits per heavy atom. The second kappa shape index (κ2) is 4.93. The number of hydrogen-bond donors (Lipinski definition) is 0. The van der Waals surface area contributed by atoms with Crippen LogP contribution in [-0.4, -0.2) is 4.98 Å². The molecule has 0 fully saturated rings. The average Bonchev–Trinajstić information content (AvgIpc) is 1.90. The van der Waals surface area contributed by atoms with Crippen LogP contribution in [0, 0.1) is 0 Å². The van der Waals surface area contributed by atoms with Gasteiger partial charge in [-0.2, -0.15) is 0 Å². The molecular weight excluding hydrogens is 125 g/mol. The Labute approximate surface area is 72.5 Å². The van der Waals surface area contributed by atoms with Crippen LogP contribution in [0.15, 0.2) is 24.4 Å². The summed E-state index contributed by atoms with van der Waals surface area (Å²) in [5.41, 5.74) is 0.975.